The van der Waals surface area contributed by atoms with Crippen molar-refractivity contribution in [3.05, 3.63) is 37.9 Å². The minimum absolute atomic E-state index is 0.0206. The highest BCUT2D eigenvalue weighted by atomic mass is 35.5. The van der Waals surface area contributed by atoms with Crippen molar-refractivity contribution in [2.45, 2.75) is 32.7 Å². The molecule has 7 heteroatoms. The SMILES string of the molecule is CC1CCN(C(=O)c2cc(Cl)c(Cl)c([N+](=O)[O-])c2)C(C)C1. The number of hydrogen-bond donors (Lipinski definition) is 0. The van der Waals surface area contributed by atoms with Crippen LogP contribution in [0.2, 0.25) is 10.0 Å². The van der Waals surface area contributed by atoms with E-state index in [1.807, 2.05) is 6.92 Å². The van der Waals surface area contributed by atoms with E-state index < -0.39 is 4.92 Å². The van der Waals surface area contributed by atoms with Crippen molar-refractivity contribution in [3.63, 3.8) is 0 Å². The summed E-state index contributed by atoms with van der Waals surface area (Å²) in [6, 6.07) is 2.69. The maximum Gasteiger partial charge on any atom is 0.290 e. The molecule has 1 amide bonds. The average Bonchev–Trinajstić information content (AvgIpc) is 2.40. The molecule has 0 bridgehead atoms. The molecule has 1 fully saturated rings. The average molecular weight is 331 g/mol. The predicted molar refractivity (Wildman–Crippen MR) is 82.0 cm³/mol. The summed E-state index contributed by atoms with van der Waals surface area (Å²) in [7, 11) is 0. The zero-order valence-corrected chi connectivity index (χ0v) is 13.3. The van der Waals surface area contributed by atoms with Gasteiger partial charge >= 0.3 is 0 Å². The van der Waals surface area contributed by atoms with E-state index in [0.717, 1.165) is 12.8 Å². The van der Waals surface area contributed by atoms with Crippen molar-refractivity contribution in [2.24, 2.45) is 5.92 Å². The van der Waals surface area contributed by atoms with Gasteiger partial charge in [0.2, 0.25) is 0 Å². The summed E-state index contributed by atoms with van der Waals surface area (Å²) >= 11 is 11.7. The first-order valence-corrected chi connectivity index (χ1v) is 7.51. The van der Waals surface area contributed by atoms with Crippen LogP contribution in [-0.2, 0) is 0 Å². The molecule has 5 nitrogen and oxygen atoms in total. The molecule has 1 aromatic carbocycles. The van der Waals surface area contributed by atoms with Crippen LogP contribution in [0, 0.1) is 16.0 Å². The summed E-state index contributed by atoms with van der Waals surface area (Å²) in [6.07, 6.45) is 1.86. The third-order valence-corrected chi connectivity index (χ3v) is 4.64. The molecule has 0 N–H and O–H groups in total. The van der Waals surface area contributed by atoms with Gasteiger partial charge in [-0.2, -0.15) is 0 Å². The highest BCUT2D eigenvalue weighted by Crippen LogP contribution is 2.34. The lowest BCUT2D eigenvalue weighted by Crippen LogP contribution is -2.44. The lowest BCUT2D eigenvalue weighted by Gasteiger charge is -2.36. The molecule has 2 unspecified atom stereocenters. The summed E-state index contributed by atoms with van der Waals surface area (Å²) in [5.74, 6) is 0.336. The molecule has 114 valence electrons. The van der Waals surface area contributed by atoms with Crippen molar-refractivity contribution in [3.8, 4) is 0 Å². The first-order chi connectivity index (χ1) is 9.81. The highest BCUT2D eigenvalue weighted by molar-refractivity contribution is 6.43. The monoisotopic (exact) mass is 330 g/mol. The van der Waals surface area contributed by atoms with Gasteiger partial charge in [0.25, 0.3) is 11.6 Å². The van der Waals surface area contributed by atoms with E-state index in [1.165, 1.54) is 12.1 Å². The molecule has 1 heterocycles. The number of piperidine rings is 1. The van der Waals surface area contributed by atoms with Gasteiger partial charge in [0.1, 0.15) is 5.02 Å². The Labute approximate surface area is 133 Å². The summed E-state index contributed by atoms with van der Waals surface area (Å²) in [5, 5.41) is 10.9. The zero-order chi connectivity index (χ0) is 15.7. The fourth-order valence-corrected chi connectivity index (χ4v) is 3.10. The number of rotatable bonds is 2. The van der Waals surface area contributed by atoms with Crippen molar-refractivity contribution in [1.82, 2.24) is 4.90 Å². The lowest BCUT2D eigenvalue weighted by atomic mass is 9.93. The van der Waals surface area contributed by atoms with Crippen LogP contribution < -0.4 is 0 Å². The molecule has 1 saturated heterocycles. The number of benzene rings is 1. The van der Waals surface area contributed by atoms with Crippen LogP contribution in [0.15, 0.2) is 12.1 Å². The van der Waals surface area contributed by atoms with Gasteiger partial charge in [0, 0.05) is 24.2 Å². The molecule has 0 aliphatic carbocycles. The highest BCUT2D eigenvalue weighted by Gasteiger charge is 2.29. The van der Waals surface area contributed by atoms with Crippen LogP contribution in [0.4, 0.5) is 5.69 Å². The Hall–Kier alpha value is -1.33. The van der Waals surface area contributed by atoms with Gasteiger partial charge in [-0.3, -0.25) is 14.9 Å². The van der Waals surface area contributed by atoms with Crippen LogP contribution >= 0.6 is 23.2 Å². The Kier molecular flexibility index (Phi) is 4.74. The summed E-state index contributed by atoms with van der Waals surface area (Å²) in [4.78, 5) is 24.6. The van der Waals surface area contributed by atoms with Gasteiger partial charge in [0.05, 0.1) is 9.95 Å². The van der Waals surface area contributed by atoms with E-state index >= 15 is 0 Å². The van der Waals surface area contributed by atoms with Crippen LogP contribution in [-0.4, -0.2) is 28.3 Å². The predicted octanol–water partition coefficient (Wildman–Crippen LogP) is 4.16. The maximum absolute atomic E-state index is 12.6. The van der Waals surface area contributed by atoms with E-state index in [2.05, 4.69) is 6.92 Å². The Morgan fingerprint density at radius 2 is 2.05 bits per heavy atom. The largest absolute Gasteiger partial charge is 0.336 e. The topological polar surface area (TPSA) is 63.5 Å². The second kappa shape index (κ2) is 6.20. The molecule has 0 aromatic heterocycles. The number of halogens is 2. The van der Waals surface area contributed by atoms with Gasteiger partial charge in [-0.15, -0.1) is 0 Å². The quantitative estimate of drug-likeness (QED) is 0.604. The fraction of sp³-hybridized carbons (Fsp3) is 0.500. The third-order valence-electron chi connectivity index (χ3n) is 3.85. The van der Waals surface area contributed by atoms with Gasteiger partial charge in [-0.25, -0.2) is 0 Å². The molecular weight excluding hydrogens is 315 g/mol. The Bertz CT molecular complexity index is 592. The number of carbonyl (C=O) groups excluding carboxylic acids is 1. The number of nitro groups is 1. The molecule has 2 rings (SSSR count). The van der Waals surface area contributed by atoms with Gasteiger partial charge in [-0.05, 0) is 31.7 Å². The fourth-order valence-electron chi connectivity index (χ4n) is 2.71. The number of hydrogen-bond acceptors (Lipinski definition) is 3. The van der Waals surface area contributed by atoms with Crippen molar-refractivity contribution in [2.75, 3.05) is 6.54 Å². The summed E-state index contributed by atoms with van der Waals surface area (Å²) in [6.45, 7) is 4.79. The number of carbonyl (C=O) groups is 1. The lowest BCUT2D eigenvalue weighted by molar-refractivity contribution is -0.384. The number of nitro benzene ring substituents is 1. The Morgan fingerprint density at radius 3 is 2.62 bits per heavy atom. The molecule has 0 radical (unpaired) electrons. The van der Waals surface area contributed by atoms with Gasteiger partial charge in [0.15, 0.2) is 0 Å². The molecule has 0 spiro atoms. The van der Waals surface area contributed by atoms with Crippen molar-refractivity contribution >= 4 is 34.8 Å². The van der Waals surface area contributed by atoms with E-state index in [-0.39, 0.29) is 33.2 Å². The van der Waals surface area contributed by atoms with E-state index in [0.29, 0.717) is 12.5 Å². The van der Waals surface area contributed by atoms with Crippen molar-refractivity contribution in [1.29, 1.82) is 0 Å². The molecule has 1 aliphatic heterocycles. The Morgan fingerprint density at radius 1 is 1.38 bits per heavy atom. The molecule has 1 aliphatic rings. The Balaban J connectivity index is 2.33. The normalized spacial score (nSPS) is 22.2. The van der Waals surface area contributed by atoms with E-state index in [1.54, 1.807) is 4.90 Å². The first kappa shape index (κ1) is 16.0. The molecule has 1 aromatic rings. The zero-order valence-electron chi connectivity index (χ0n) is 11.8. The molecule has 21 heavy (non-hydrogen) atoms. The standard InChI is InChI=1S/C14H16Cl2N2O3/c1-8-3-4-17(9(2)5-8)14(19)10-6-11(15)13(16)12(7-10)18(20)21/h6-9H,3-5H2,1-2H3. The smallest absolute Gasteiger partial charge is 0.290 e. The summed E-state index contributed by atoms with van der Waals surface area (Å²) in [5.41, 5.74) is -0.136. The second-order valence-electron chi connectivity index (χ2n) is 5.53. The molecule has 0 saturated carbocycles. The van der Waals surface area contributed by atoms with E-state index in [4.69, 9.17) is 23.2 Å². The molecule has 2 atom stereocenters. The van der Waals surface area contributed by atoms with Crippen LogP contribution in [0.1, 0.15) is 37.0 Å². The van der Waals surface area contributed by atoms with Crippen molar-refractivity contribution < 1.29 is 9.72 Å². The van der Waals surface area contributed by atoms with E-state index in [9.17, 15) is 14.9 Å². The first-order valence-electron chi connectivity index (χ1n) is 6.75. The minimum atomic E-state index is -0.632. The number of nitrogens with zero attached hydrogens (tertiary/aromatic N) is 2. The van der Waals surface area contributed by atoms with Crippen LogP contribution in [0.25, 0.3) is 0 Å². The maximum atomic E-state index is 12.6. The van der Waals surface area contributed by atoms with Crippen LogP contribution in [0.5, 0.6) is 0 Å². The van der Waals surface area contributed by atoms with Crippen LogP contribution in [0.3, 0.4) is 0 Å². The second-order valence-corrected chi connectivity index (χ2v) is 6.31. The number of likely N-dealkylation sites (tertiary alicyclic amines) is 1. The van der Waals surface area contributed by atoms with Gasteiger partial charge in [-0.1, -0.05) is 30.1 Å². The third kappa shape index (κ3) is 3.30. The number of amides is 1. The van der Waals surface area contributed by atoms with Gasteiger partial charge < -0.3 is 4.90 Å². The summed E-state index contributed by atoms with van der Waals surface area (Å²) < 4.78 is 0. The minimum Gasteiger partial charge on any atom is -0.336 e. The molecular formula is C14H16Cl2N2O3.